The van der Waals surface area contributed by atoms with Crippen LogP contribution in [0, 0.1) is 11.8 Å². The van der Waals surface area contributed by atoms with Gasteiger partial charge in [-0.1, -0.05) is 12.1 Å². The summed E-state index contributed by atoms with van der Waals surface area (Å²) in [7, 11) is 0. The number of fused-ring (bicyclic) bond motifs is 2. The van der Waals surface area contributed by atoms with E-state index in [-0.39, 0.29) is 24.1 Å². The van der Waals surface area contributed by atoms with E-state index in [0.29, 0.717) is 24.6 Å². The van der Waals surface area contributed by atoms with Gasteiger partial charge in [-0.2, -0.15) is 0 Å². The van der Waals surface area contributed by atoms with Crippen molar-refractivity contribution in [3.8, 4) is 0 Å². The lowest BCUT2D eigenvalue weighted by atomic mass is 9.79. The van der Waals surface area contributed by atoms with E-state index >= 15 is 0 Å². The molecule has 7 nitrogen and oxygen atoms in total. The van der Waals surface area contributed by atoms with Gasteiger partial charge in [-0.15, -0.1) is 0 Å². The number of piperidine rings is 1. The van der Waals surface area contributed by atoms with Crippen molar-refractivity contribution in [2.24, 2.45) is 11.8 Å². The molecule has 2 saturated heterocycles. The molecule has 0 radical (unpaired) electrons. The lowest BCUT2D eigenvalue weighted by molar-refractivity contribution is -0.136. The Morgan fingerprint density at radius 1 is 1.07 bits per heavy atom. The fourth-order valence-electron chi connectivity index (χ4n) is 5.46. The van der Waals surface area contributed by atoms with Crippen molar-refractivity contribution in [2.45, 2.75) is 57.3 Å². The van der Waals surface area contributed by atoms with Gasteiger partial charge >= 0.3 is 0 Å². The van der Waals surface area contributed by atoms with E-state index in [4.69, 9.17) is 0 Å². The smallest absolute Gasteiger partial charge is 0.255 e. The molecule has 1 saturated carbocycles. The number of carbonyl (C=O) groups is 3. The second-order valence-corrected chi connectivity index (χ2v) is 8.96. The van der Waals surface area contributed by atoms with Crippen LogP contribution in [0.1, 0.15) is 53.6 Å². The minimum atomic E-state index is -0.551. The van der Waals surface area contributed by atoms with Crippen molar-refractivity contribution in [3.05, 3.63) is 34.9 Å². The number of amides is 3. The SMILES string of the molecule is O=C1CCC(N2Cc3ccc(CNC4CCC5CNCC5C4)cc3C2=O)C(=O)N1. The van der Waals surface area contributed by atoms with Gasteiger partial charge < -0.3 is 15.5 Å². The van der Waals surface area contributed by atoms with Crippen LogP contribution in [-0.4, -0.2) is 47.8 Å². The molecule has 3 aliphatic heterocycles. The monoisotopic (exact) mass is 396 g/mol. The molecule has 154 valence electrons. The first-order valence-electron chi connectivity index (χ1n) is 10.8. The number of nitrogens with zero attached hydrogens (tertiary/aromatic N) is 1. The standard InChI is InChI=1S/C22H28N4O3/c27-20-6-5-19(21(28)25-20)26-12-15-2-1-13(7-18(15)22(26)29)9-24-17-4-3-14-10-23-11-16(14)8-17/h1-2,7,14,16-17,19,23-24H,3-6,8-12H2,(H,25,27,28). The second kappa shape index (κ2) is 7.54. The van der Waals surface area contributed by atoms with Gasteiger partial charge in [0.15, 0.2) is 0 Å². The van der Waals surface area contributed by atoms with Crippen LogP contribution in [0.3, 0.4) is 0 Å². The molecule has 0 bridgehead atoms. The van der Waals surface area contributed by atoms with Crippen LogP contribution in [0.25, 0.3) is 0 Å². The zero-order valence-corrected chi connectivity index (χ0v) is 16.6. The Morgan fingerprint density at radius 2 is 1.93 bits per heavy atom. The number of hydrogen-bond donors (Lipinski definition) is 3. The first kappa shape index (κ1) is 18.8. The largest absolute Gasteiger partial charge is 0.322 e. The Balaban J connectivity index is 1.22. The molecule has 0 spiro atoms. The number of benzene rings is 1. The van der Waals surface area contributed by atoms with E-state index in [0.717, 1.165) is 36.1 Å². The van der Waals surface area contributed by atoms with Crippen molar-refractivity contribution in [2.75, 3.05) is 13.1 Å². The van der Waals surface area contributed by atoms with E-state index in [1.165, 1.54) is 25.8 Å². The highest BCUT2D eigenvalue weighted by molar-refractivity contribution is 6.05. The fourth-order valence-corrected chi connectivity index (χ4v) is 5.46. The van der Waals surface area contributed by atoms with Crippen LogP contribution >= 0.6 is 0 Å². The van der Waals surface area contributed by atoms with Gasteiger partial charge in [-0.3, -0.25) is 19.7 Å². The van der Waals surface area contributed by atoms with Crippen LogP contribution in [-0.2, 0) is 22.7 Å². The maximum absolute atomic E-state index is 12.9. The summed E-state index contributed by atoms with van der Waals surface area (Å²) in [5.41, 5.74) is 2.76. The van der Waals surface area contributed by atoms with Gasteiger partial charge in [-0.25, -0.2) is 0 Å². The topological polar surface area (TPSA) is 90.5 Å². The molecular formula is C22H28N4O3. The summed E-state index contributed by atoms with van der Waals surface area (Å²) in [5.74, 6) is 0.926. The van der Waals surface area contributed by atoms with Gasteiger partial charge in [0.2, 0.25) is 11.8 Å². The normalized spacial score (nSPS) is 31.6. The predicted octanol–water partition coefficient (Wildman–Crippen LogP) is 0.925. The molecule has 4 atom stereocenters. The van der Waals surface area contributed by atoms with Crippen molar-refractivity contribution < 1.29 is 14.4 Å². The lowest BCUT2D eigenvalue weighted by Crippen LogP contribution is -2.52. The molecule has 29 heavy (non-hydrogen) atoms. The van der Waals surface area contributed by atoms with Crippen LogP contribution in [0.2, 0.25) is 0 Å². The molecule has 1 aromatic carbocycles. The van der Waals surface area contributed by atoms with Gasteiger partial charge in [0.05, 0.1) is 0 Å². The highest BCUT2D eigenvalue weighted by Crippen LogP contribution is 2.33. The Labute approximate surface area is 170 Å². The first-order valence-corrected chi connectivity index (χ1v) is 10.8. The van der Waals surface area contributed by atoms with Crippen molar-refractivity contribution in [3.63, 3.8) is 0 Å². The van der Waals surface area contributed by atoms with Crippen molar-refractivity contribution in [1.82, 2.24) is 20.9 Å². The average molecular weight is 396 g/mol. The van der Waals surface area contributed by atoms with Crippen LogP contribution in [0.5, 0.6) is 0 Å². The lowest BCUT2D eigenvalue weighted by Gasteiger charge is -2.31. The molecule has 3 heterocycles. The van der Waals surface area contributed by atoms with Crippen molar-refractivity contribution >= 4 is 17.7 Å². The van der Waals surface area contributed by atoms with Crippen molar-refractivity contribution in [1.29, 1.82) is 0 Å². The fraction of sp³-hybridized carbons (Fsp3) is 0.591. The number of nitrogens with one attached hydrogen (secondary N) is 3. The minimum Gasteiger partial charge on any atom is -0.322 e. The summed E-state index contributed by atoms with van der Waals surface area (Å²) in [5, 5.41) is 9.55. The molecule has 3 fully saturated rings. The summed E-state index contributed by atoms with van der Waals surface area (Å²) in [6, 6.07) is 6.05. The zero-order chi connectivity index (χ0) is 20.0. The molecule has 1 aliphatic carbocycles. The summed E-state index contributed by atoms with van der Waals surface area (Å²) in [6.45, 7) is 3.52. The highest BCUT2D eigenvalue weighted by atomic mass is 16.2. The van der Waals surface area contributed by atoms with Gasteiger partial charge in [0.25, 0.3) is 5.91 Å². The Bertz CT molecular complexity index is 854. The van der Waals surface area contributed by atoms with E-state index in [1.54, 1.807) is 4.90 Å². The molecule has 7 heteroatoms. The van der Waals surface area contributed by atoms with E-state index in [2.05, 4.69) is 22.0 Å². The number of imide groups is 1. The Hall–Kier alpha value is -2.25. The minimum absolute atomic E-state index is 0.103. The zero-order valence-electron chi connectivity index (χ0n) is 16.6. The van der Waals surface area contributed by atoms with Crippen LogP contribution in [0.15, 0.2) is 18.2 Å². The first-order chi connectivity index (χ1) is 14.1. The third-order valence-electron chi connectivity index (χ3n) is 7.14. The number of carbonyl (C=O) groups excluding carboxylic acids is 3. The Kier molecular flexibility index (Phi) is 4.87. The van der Waals surface area contributed by atoms with E-state index in [9.17, 15) is 14.4 Å². The molecule has 0 aromatic heterocycles. The third kappa shape index (κ3) is 3.57. The third-order valence-corrected chi connectivity index (χ3v) is 7.14. The predicted molar refractivity (Wildman–Crippen MR) is 107 cm³/mol. The highest BCUT2D eigenvalue weighted by Gasteiger charge is 2.39. The van der Waals surface area contributed by atoms with E-state index in [1.807, 2.05) is 12.1 Å². The van der Waals surface area contributed by atoms with Gasteiger partial charge in [-0.05, 0) is 67.8 Å². The molecule has 4 aliphatic rings. The Morgan fingerprint density at radius 3 is 2.79 bits per heavy atom. The maximum Gasteiger partial charge on any atom is 0.255 e. The number of rotatable bonds is 4. The second-order valence-electron chi connectivity index (χ2n) is 8.96. The number of hydrogen-bond acceptors (Lipinski definition) is 5. The molecule has 1 aromatic rings. The average Bonchev–Trinajstić information content (AvgIpc) is 3.31. The summed E-state index contributed by atoms with van der Waals surface area (Å²) < 4.78 is 0. The molecule has 4 unspecified atom stereocenters. The van der Waals surface area contributed by atoms with E-state index < -0.39 is 6.04 Å². The molecular weight excluding hydrogens is 368 g/mol. The van der Waals surface area contributed by atoms with Crippen LogP contribution < -0.4 is 16.0 Å². The molecule has 3 N–H and O–H groups in total. The maximum atomic E-state index is 12.9. The molecule has 3 amide bonds. The molecule has 5 rings (SSSR count). The summed E-state index contributed by atoms with van der Waals surface area (Å²) in [4.78, 5) is 38.1. The summed E-state index contributed by atoms with van der Waals surface area (Å²) >= 11 is 0. The summed E-state index contributed by atoms with van der Waals surface area (Å²) in [6.07, 6.45) is 4.42. The quantitative estimate of drug-likeness (QED) is 0.659. The van der Waals surface area contributed by atoms with Gasteiger partial charge in [0.1, 0.15) is 6.04 Å². The van der Waals surface area contributed by atoms with Gasteiger partial charge in [0, 0.05) is 31.1 Å². The van der Waals surface area contributed by atoms with Crippen LogP contribution in [0.4, 0.5) is 0 Å².